The monoisotopic (exact) mass is 188 g/mol. The molecule has 0 aliphatic heterocycles. The Labute approximate surface area is 80.4 Å². The third-order valence-electron chi connectivity index (χ3n) is 1.86. The fraction of sp³-hybridized carbons (Fsp3) is 0. The van der Waals surface area contributed by atoms with Gasteiger partial charge in [0.15, 0.2) is 0 Å². The van der Waals surface area contributed by atoms with Crippen LogP contribution in [0.15, 0.2) is 42.7 Å². The molecule has 0 saturated carbocycles. The van der Waals surface area contributed by atoms with Crippen LogP contribution < -0.4 is 0 Å². The highest BCUT2D eigenvalue weighted by Gasteiger charge is 2.09. The summed E-state index contributed by atoms with van der Waals surface area (Å²) in [6, 6.07) is 8.57. The number of carboxylic acids is 1. The molecule has 0 fully saturated rings. The number of hydrogen-bond donors (Lipinski definition) is 1. The van der Waals surface area contributed by atoms with Gasteiger partial charge in [0.25, 0.3) is 0 Å². The van der Waals surface area contributed by atoms with E-state index in [0.29, 0.717) is 5.82 Å². The zero-order chi connectivity index (χ0) is 9.97. The summed E-state index contributed by atoms with van der Waals surface area (Å²) < 4.78 is 1.53. The van der Waals surface area contributed by atoms with E-state index in [2.05, 4.69) is 4.98 Å². The normalized spacial score (nSPS) is 10.0. The zero-order valence-electron chi connectivity index (χ0n) is 7.29. The van der Waals surface area contributed by atoms with Gasteiger partial charge in [-0.25, -0.2) is 9.78 Å². The van der Waals surface area contributed by atoms with Crippen molar-refractivity contribution in [3.8, 4) is 5.82 Å². The minimum absolute atomic E-state index is 0.212. The summed E-state index contributed by atoms with van der Waals surface area (Å²) in [7, 11) is 0. The van der Waals surface area contributed by atoms with Gasteiger partial charge in [0.2, 0.25) is 0 Å². The van der Waals surface area contributed by atoms with Crippen LogP contribution in [0, 0.1) is 0 Å². The molecule has 14 heavy (non-hydrogen) atoms. The first-order valence-electron chi connectivity index (χ1n) is 4.11. The van der Waals surface area contributed by atoms with Gasteiger partial charge < -0.3 is 5.11 Å². The van der Waals surface area contributed by atoms with Gasteiger partial charge in [0, 0.05) is 12.4 Å². The predicted molar refractivity (Wildman–Crippen MR) is 50.5 cm³/mol. The van der Waals surface area contributed by atoms with Gasteiger partial charge in [-0.05, 0) is 24.3 Å². The average Bonchev–Trinajstić information content (AvgIpc) is 2.67. The van der Waals surface area contributed by atoms with Crippen molar-refractivity contribution >= 4 is 5.97 Å². The van der Waals surface area contributed by atoms with Crippen molar-refractivity contribution in [3.63, 3.8) is 0 Å². The Morgan fingerprint density at radius 3 is 2.79 bits per heavy atom. The summed E-state index contributed by atoms with van der Waals surface area (Å²) >= 11 is 0. The van der Waals surface area contributed by atoms with Crippen molar-refractivity contribution in [1.82, 2.24) is 9.55 Å². The smallest absolute Gasteiger partial charge is 0.352 e. The van der Waals surface area contributed by atoms with Crippen LogP contribution in [-0.4, -0.2) is 20.6 Å². The number of aromatic nitrogens is 2. The molecule has 2 aromatic heterocycles. The van der Waals surface area contributed by atoms with Gasteiger partial charge >= 0.3 is 5.97 Å². The van der Waals surface area contributed by atoms with E-state index in [9.17, 15) is 4.79 Å². The quantitative estimate of drug-likeness (QED) is 0.778. The fourth-order valence-electron chi connectivity index (χ4n) is 1.25. The van der Waals surface area contributed by atoms with Crippen molar-refractivity contribution in [1.29, 1.82) is 0 Å². The lowest BCUT2D eigenvalue weighted by molar-refractivity contribution is 0.0688. The third kappa shape index (κ3) is 1.37. The van der Waals surface area contributed by atoms with Crippen LogP contribution in [0.2, 0.25) is 0 Å². The van der Waals surface area contributed by atoms with Crippen molar-refractivity contribution in [2.24, 2.45) is 0 Å². The lowest BCUT2D eigenvalue weighted by Crippen LogP contribution is -2.06. The van der Waals surface area contributed by atoms with E-state index in [0.717, 1.165) is 0 Å². The SMILES string of the molecule is O=C(O)c1cccn1-c1ccccn1. The molecule has 2 heterocycles. The molecule has 0 spiro atoms. The van der Waals surface area contributed by atoms with Crippen LogP contribution in [0.25, 0.3) is 5.82 Å². The van der Waals surface area contributed by atoms with Crippen molar-refractivity contribution in [2.75, 3.05) is 0 Å². The van der Waals surface area contributed by atoms with E-state index >= 15 is 0 Å². The standard InChI is InChI=1S/C10H8N2O2/c13-10(14)8-4-3-7-12(8)9-5-1-2-6-11-9/h1-7H,(H,13,14). The summed E-state index contributed by atoms with van der Waals surface area (Å²) in [6.07, 6.45) is 3.30. The molecule has 1 N–H and O–H groups in total. The second-order valence-electron chi connectivity index (χ2n) is 2.76. The molecule has 0 bridgehead atoms. The first kappa shape index (κ1) is 8.50. The highest BCUT2D eigenvalue weighted by Crippen LogP contribution is 2.09. The maximum absolute atomic E-state index is 10.8. The molecule has 0 amide bonds. The van der Waals surface area contributed by atoms with Crippen molar-refractivity contribution < 1.29 is 9.90 Å². The molecule has 0 saturated heterocycles. The van der Waals surface area contributed by atoms with Gasteiger partial charge in [0.05, 0.1) is 0 Å². The van der Waals surface area contributed by atoms with Crippen molar-refractivity contribution in [3.05, 3.63) is 48.4 Å². The average molecular weight is 188 g/mol. The van der Waals surface area contributed by atoms with Crippen LogP contribution in [0.1, 0.15) is 10.5 Å². The highest BCUT2D eigenvalue weighted by atomic mass is 16.4. The largest absolute Gasteiger partial charge is 0.477 e. The number of nitrogens with zero attached hydrogens (tertiary/aromatic N) is 2. The van der Waals surface area contributed by atoms with Gasteiger partial charge in [-0.1, -0.05) is 6.07 Å². The molecule has 4 heteroatoms. The molecule has 4 nitrogen and oxygen atoms in total. The van der Waals surface area contributed by atoms with Gasteiger partial charge in [-0.15, -0.1) is 0 Å². The second kappa shape index (κ2) is 3.33. The Morgan fingerprint density at radius 1 is 1.29 bits per heavy atom. The van der Waals surface area contributed by atoms with E-state index in [1.54, 1.807) is 30.6 Å². The van der Waals surface area contributed by atoms with E-state index in [1.807, 2.05) is 6.07 Å². The Hall–Kier alpha value is -2.10. The van der Waals surface area contributed by atoms with Gasteiger partial charge in [0.1, 0.15) is 11.5 Å². The maximum atomic E-state index is 10.8. The lowest BCUT2D eigenvalue weighted by Gasteiger charge is -2.03. The van der Waals surface area contributed by atoms with Crippen LogP contribution in [0.5, 0.6) is 0 Å². The third-order valence-corrected chi connectivity index (χ3v) is 1.86. The van der Waals surface area contributed by atoms with Crippen LogP contribution >= 0.6 is 0 Å². The summed E-state index contributed by atoms with van der Waals surface area (Å²) in [5.41, 5.74) is 0.212. The molecule has 70 valence electrons. The summed E-state index contributed by atoms with van der Waals surface area (Å²) in [5, 5.41) is 8.87. The topological polar surface area (TPSA) is 55.1 Å². The van der Waals surface area contributed by atoms with Gasteiger partial charge in [-0.2, -0.15) is 0 Å². The maximum Gasteiger partial charge on any atom is 0.352 e. The number of pyridine rings is 1. The zero-order valence-corrected chi connectivity index (χ0v) is 7.29. The number of carboxylic acid groups (broad SMARTS) is 1. The molecule has 0 unspecified atom stereocenters. The molecule has 0 atom stereocenters. The molecule has 0 aliphatic carbocycles. The fourth-order valence-corrected chi connectivity index (χ4v) is 1.25. The number of aromatic carboxylic acids is 1. The van der Waals surface area contributed by atoms with Crippen LogP contribution in [0.3, 0.4) is 0 Å². The molecular formula is C10H8N2O2. The first-order chi connectivity index (χ1) is 6.79. The number of carbonyl (C=O) groups is 1. The second-order valence-corrected chi connectivity index (χ2v) is 2.76. The lowest BCUT2D eigenvalue weighted by atomic mass is 10.4. The molecule has 2 aromatic rings. The Bertz CT molecular complexity index is 448. The molecule has 0 radical (unpaired) electrons. The number of hydrogen-bond acceptors (Lipinski definition) is 2. The van der Waals surface area contributed by atoms with E-state index in [4.69, 9.17) is 5.11 Å². The summed E-state index contributed by atoms with van der Waals surface area (Å²) in [6.45, 7) is 0. The van der Waals surface area contributed by atoms with Crippen LogP contribution in [0.4, 0.5) is 0 Å². The van der Waals surface area contributed by atoms with E-state index in [1.165, 1.54) is 10.6 Å². The molecule has 2 rings (SSSR count). The molecule has 0 aliphatic rings. The van der Waals surface area contributed by atoms with Gasteiger partial charge in [-0.3, -0.25) is 4.57 Å². The molecule has 0 aromatic carbocycles. The Balaban J connectivity index is 2.52. The van der Waals surface area contributed by atoms with E-state index < -0.39 is 5.97 Å². The van der Waals surface area contributed by atoms with E-state index in [-0.39, 0.29) is 5.69 Å². The van der Waals surface area contributed by atoms with Crippen molar-refractivity contribution in [2.45, 2.75) is 0 Å². The minimum Gasteiger partial charge on any atom is -0.477 e. The predicted octanol–water partition coefficient (Wildman–Crippen LogP) is 1.57. The first-order valence-corrected chi connectivity index (χ1v) is 4.11. The highest BCUT2D eigenvalue weighted by molar-refractivity contribution is 5.86. The Morgan fingerprint density at radius 2 is 2.14 bits per heavy atom. The summed E-state index contributed by atoms with van der Waals surface area (Å²) in [4.78, 5) is 14.9. The molecular weight excluding hydrogens is 180 g/mol. The Kier molecular flexibility index (Phi) is 2.02. The van der Waals surface area contributed by atoms with Crippen LogP contribution in [-0.2, 0) is 0 Å². The number of rotatable bonds is 2. The summed E-state index contributed by atoms with van der Waals surface area (Å²) in [5.74, 6) is -0.351. The minimum atomic E-state index is -0.958.